The third-order valence-corrected chi connectivity index (χ3v) is 1.22. The first-order valence-electron chi connectivity index (χ1n) is 1.95. The van der Waals surface area contributed by atoms with E-state index in [-0.39, 0.29) is 11.8 Å². The lowest BCUT2D eigenvalue weighted by molar-refractivity contribution is 0.0865. The Morgan fingerprint density at radius 3 is 2.12 bits per heavy atom. The number of alkyl halides is 2. The normalized spacial score (nSPS) is 9.38. The SMILES string of the molecule is O=NOC(CCl)CCl. The molecule has 48 valence electrons. The first-order valence-corrected chi connectivity index (χ1v) is 3.02. The molecule has 0 rings (SSSR count). The fourth-order valence-electron chi connectivity index (χ4n) is 0.158. The molecular weight excluding hydrogens is 153 g/mol. The minimum atomic E-state index is -0.448. The van der Waals surface area contributed by atoms with E-state index >= 15 is 0 Å². The number of nitrogens with zero attached hydrogens (tertiary/aromatic N) is 1. The Balaban J connectivity index is 3.20. The molecule has 0 N–H and O–H groups in total. The van der Waals surface area contributed by atoms with Gasteiger partial charge in [-0.15, -0.1) is 28.1 Å². The second-order valence-corrected chi connectivity index (χ2v) is 1.73. The van der Waals surface area contributed by atoms with E-state index in [0.717, 1.165) is 0 Å². The van der Waals surface area contributed by atoms with Gasteiger partial charge in [0.15, 0.2) is 11.4 Å². The number of hydrogen-bond acceptors (Lipinski definition) is 3. The Morgan fingerprint density at radius 2 is 2.00 bits per heavy atom. The third-order valence-electron chi connectivity index (χ3n) is 0.536. The molecule has 0 aliphatic heterocycles. The van der Waals surface area contributed by atoms with E-state index < -0.39 is 6.10 Å². The van der Waals surface area contributed by atoms with Crippen LogP contribution in [-0.2, 0) is 4.84 Å². The van der Waals surface area contributed by atoms with Gasteiger partial charge in [-0.1, -0.05) is 0 Å². The van der Waals surface area contributed by atoms with Crippen LogP contribution in [0.1, 0.15) is 0 Å². The molecule has 0 fully saturated rings. The van der Waals surface area contributed by atoms with E-state index in [4.69, 9.17) is 23.2 Å². The molecule has 0 aromatic carbocycles. The zero-order valence-corrected chi connectivity index (χ0v) is 5.52. The molecule has 0 aromatic heterocycles. The van der Waals surface area contributed by atoms with E-state index in [9.17, 15) is 4.91 Å². The van der Waals surface area contributed by atoms with Crippen molar-refractivity contribution in [2.45, 2.75) is 6.10 Å². The van der Waals surface area contributed by atoms with Gasteiger partial charge in [-0.05, 0) is 0 Å². The second kappa shape index (κ2) is 5.12. The number of rotatable bonds is 4. The van der Waals surface area contributed by atoms with E-state index in [1.807, 2.05) is 0 Å². The van der Waals surface area contributed by atoms with Gasteiger partial charge in [0.2, 0.25) is 0 Å². The van der Waals surface area contributed by atoms with Crippen LogP contribution in [0.3, 0.4) is 0 Å². The molecule has 0 bridgehead atoms. The van der Waals surface area contributed by atoms with Crippen molar-refractivity contribution in [3.8, 4) is 0 Å². The molecule has 0 aliphatic rings. The van der Waals surface area contributed by atoms with Crippen LogP contribution in [-0.4, -0.2) is 17.9 Å². The summed E-state index contributed by atoms with van der Waals surface area (Å²) in [6, 6.07) is 0. The fraction of sp³-hybridized carbons (Fsp3) is 1.00. The first-order chi connectivity index (χ1) is 3.85. The Labute approximate surface area is 56.8 Å². The van der Waals surface area contributed by atoms with Crippen LogP contribution in [0.4, 0.5) is 0 Å². The molecule has 0 aromatic rings. The van der Waals surface area contributed by atoms with Crippen molar-refractivity contribution in [3.05, 3.63) is 4.91 Å². The second-order valence-electron chi connectivity index (χ2n) is 1.11. The predicted octanol–water partition coefficient (Wildman–Crippen LogP) is 1.53. The van der Waals surface area contributed by atoms with Crippen molar-refractivity contribution in [1.82, 2.24) is 0 Å². The molecule has 0 saturated heterocycles. The van der Waals surface area contributed by atoms with Gasteiger partial charge in [0.25, 0.3) is 0 Å². The van der Waals surface area contributed by atoms with Gasteiger partial charge < -0.3 is 4.84 Å². The molecule has 0 aliphatic carbocycles. The van der Waals surface area contributed by atoms with Crippen LogP contribution in [0.15, 0.2) is 5.34 Å². The van der Waals surface area contributed by atoms with E-state index in [2.05, 4.69) is 10.2 Å². The van der Waals surface area contributed by atoms with Crippen LogP contribution in [0.2, 0.25) is 0 Å². The van der Waals surface area contributed by atoms with Crippen molar-refractivity contribution in [2.24, 2.45) is 5.34 Å². The summed E-state index contributed by atoms with van der Waals surface area (Å²) >= 11 is 10.5. The molecule has 0 saturated carbocycles. The summed E-state index contributed by atoms with van der Waals surface area (Å²) in [7, 11) is 0. The van der Waals surface area contributed by atoms with Crippen LogP contribution < -0.4 is 0 Å². The molecule has 3 nitrogen and oxygen atoms in total. The summed E-state index contributed by atoms with van der Waals surface area (Å²) < 4.78 is 0. The monoisotopic (exact) mass is 157 g/mol. The molecule has 8 heavy (non-hydrogen) atoms. The van der Waals surface area contributed by atoms with E-state index in [1.165, 1.54) is 0 Å². The summed E-state index contributed by atoms with van der Waals surface area (Å²) in [4.78, 5) is 13.5. The van der Waals surface area contributed by atoms with E-state index in [0.29, 0.717) is 0 Å². The van der Waals surface area contributed by atoms with Crippen molar-refractivity contribution in [1.29, 1.82) is 0 Å². The molecule has 0 amide bonds. The zero-order chi connectivity index (χ0) is 6.41. The molecule has 0 heterocycles. The standard InChI is InChI=1S/C3H5Cl2NO2/c4-1-3(2-5)8-6-7/h3H,1-2H2. The smallest absolute Gasteiger partial charge is 0.157 e. The Morgan fingerprint density at radius 1 is 1.50 bits per heavy atom. The highest BCUT2D eigenvalue weighted by molar-refractivity contribution is 6.21. The average Bonchev–Trinajstić information content (AvgIpc) is 1.83. The molecule has 0 radical (unpaired) electrons. The lowest BCUT2D eigenvalue weighted by Crippen LogP contribution is -2.12. The summed E-state index contributed by atoms with van der Waals surface area (Å²) in [5.41, 5.74) is 0. The molecule has 0 atom stereocenters. The van der Waals surface area contributed by atoms with Crippen LogP contribution in [0.5, 0.6) is 0 Å². The van der Waals surface area contributed by atoms with Crippen LogP contribution in [0, 0.1) is 4.91 Å². The topological polar surface area (TPSA) is 38.7 Å². The molecule has 0 unspecified atom stereocenters. The van der Waals surface area contributed by atoms with E-state index in [1.54, 1.807) is 0 Å². The lowest BCUT2D eigenvalue weighted by atomic mass is 10.5. The van der Waals surface area contributed by atoms with Gasteiger partial charge >= 0.3 is 0 Å². The molecular formula is C3H5Cl2NO2. The first kappa shape index (κ1) is 7.98. The van der Waals surface area contributed by atoms with Crippen molar-refractivity contribution < 1.29 is 4.84 Å². The van der Waals surface area contributed by atoms with Gasteiger partial charge in [-0.2, -0.15) is 0 Å². The van der Waals surface area contributed by atoms with Gasteiger partial charge in [0.1, 0.15) is 0 Å². The number of halogens is 2. The van der Waals surface area contributed by atoms with Gasteiger partial charge in [0.05, 0.1) is 11.8 Å². The predicted molar refractivity (Wildman–Crippen MR) is 32.1 cm³/mol. The van der Waals surface area contributed by atoms with Crippen molar-refractivity contribution >= 4 is 23.2 Å². The minimum Gasteiger partial charge on any atom is -0.358 e. The summed E-state index contributed by atoms with van der Waals surface area (Å²) in [5, 5.41) is 2.16. The number of hydrogen-bond donors (Lipinski definition) is 0. The summed E-state index contributed by atoms with van der Waals surface area (Å²) in [6.45, 7) is 0. The molecule has 5 heteroatoms. The highest BCUT2D eigenvalue weighted by atomic mass is 35.5. The van der Waals surface area contributed by atoms with Gasteiger partial charge in [-0.25, -0.2) is 0 Å². The van der Waals surface area contributed by atoms with Crippen LogP contribution >= 0.6 is 23.2 Å². The minimum absolute atomic E-state index is 0.190. The van der Waals surface area contributed by atoms with Crippen LogP contribution in [0.25, 0.3) is 0 Å². The van der Waals surface area contributed by atoms with Gasteiger partial charge in [-0.3, -0.25) is 0 Å². The lowest BCUT2D eigenvalue weighted by Gasteiger charge is -2.01. The average molecular weight is 158 g/mol. The highest BCUT2D eigenvalue weighted by Gasteiger charge is 2.04. The maximum absolute atomic E-state index is 9.34. The Bertz CT molecular complexity index is 66.3. The van der Waals surface area contributed by atoms with Gasteiger partial charge in [0, 0.05) is 0 Å². The summed E-state index contributed by atoms with van der Waals surface area (Å²) in [6.07, 6.45) is -0.448. The summed E-state index contributed by atoms with van der Waals surface area (Å²) in [5.74, 6) is 0.379. The molecule has 0 spiro atoms. The Kier molecular flexibility index (Phi) is 5.11. The zero-order valence-electron chi connectivity index (χ0n) is 4.01. The third kappa shape index (κ3) is 3.04. The Hall–Kier alpha value is -0.0200. The highest BCUT2D eigenvalue weighted by Crippen LogP contribution is 1.97. The van der Waals surface area contributed by atoms with Crippen molar-refractivity contribution in [3.63, 3.8) is 0 Å². The maximum atomic E-state index is 9.34. The van der Waals surface area contributed by atoms with Crippen molar-refractivity contribution in [2.75, 3.05) is 11.8 Å². The fourth-order valence-corrected chi connectivity index (χ4v) is 0.601. The maximum Gasteiger partial charge on any atom is 0.157 e. The largest absolute Gasteiger partial charge is 0.358 e. The quantitative estimate of drug-likeness (QED) is 0.353.